The zero-order valence-corrected chi connectivity index (χ0v) is 13.9. The van der Waals surface area contributed by atoms with Crippen LogP contribution in [0.5, 0.6) is 0 Å². The Balaban J connectivity index is 1.99. The van der Waals surface area contributed by atoms with Gasteiger partial charge in [0.1, 0.15) is 10.6 Å². The second kappa shape index (κ2) is 5.79. The van der Waals surface area contributed by atoms with E-state index in [1.54, 1.807) is 11.3 Å². The summed E-state index contributed by atoms with van der Waals surface area (Å²) in [7, 11) is 0. The van der Waals surface area contributed by atoms with Crippen molar-refractivity contribution in [2.45, 2.75) is 20.4 Å². The third-order valence-corrected chi connectivity index (χ3v) is 5.04. The molecule has 0 aliphatic carbocycles. The van der Waals surface area contributed by atoms with Crippen LogP contribution in [0, 0.1) is 13.8 Å². The van der Waals surface area contributed by atoms with E-state index in [9.17, 15) is 0 Å². The van der Waals surface area contributed by atoms with Crippen LogP contribution in [-0.2, 0) is 6.54 Å². The largest absolute Gasteiger partial charge is 0.365 e. The summed E-state index contributed by atoms with van der Waals surface area (Å²) in [6, 6.07) is 7.74. The number of nitrogens with one attached hydrogen (secondary N) is 1. The molecule has 1 aromatic carbocycles. The lowest BCUT2D eigenvalue weighted by Gasteiger charge is -2.09. The van der Waals surface area contributed by atoms with Gasteiger partial charge in [0.2, 0.25) is 5.28 Å². The lowest BCUT2D eigenvalue weighted by atomic mass is 10.2. The topological polar surface area (TPSA) is 37.8 Å². The Bertz CT molecular complexity index is 814. The van der Waals surface area contributed by atoms with Gasteiger partial charge in [-0.15, -0.1) is 11.3 Å². The average Bonchev–Trinajstić information content (AvgIpc) is 2.72. The molecule has 108 valence electrons. The Kier molecular flexibility index (Phi) is 4.02. The molecule has 0 atom stereocenters. The van der Waals surface area contributed by atoms with Gasteiger partial charge in [0.25, 0.3) is 0 Å². The van der Waals surface area contributed by atoms with E-state index in [2.05, 4.69) is 29.1 Å². The molecule has 3 rings (SSSR count). The summed E-state index contributed by atoms with van der Waals surface area (Å²) in [5.41, 5.74) is 2.21. The third kappa shape index (κ3) is 2.84. The van der Waals surface area contributed by atoms with Crippen LogP contribution in [0.1, 0.15) is 16.0 Å². The fraction of sp³-hybridized carbons (Fsp3) is 0.200. The smallest absolute Gasteiger partial charge is 0.225 e. The van der Waals surface area contributed by atoms with Crippen LogP contribution in [0.3, 0.4) is 0 Å². The van der Waals surface area contributed by atoms with Crippen molar-refractivity contribution in [3.8, 4) is 0 Å². The fourth-order valence-corrected chi connectivity index (χ4v) is 3.62. The number of nitrogens with zero attached hydrogens (tertiary/aromatic N) is 2. The van der Waals surface area contributed by atoms with E-state index in [0.717, 1.165) is 26.6 Å². The third-order valence-electron chi connectivity index (χ3n) is 3.41. The summed E-state index contributed by atoms with van der Waals surface area (Å²) in [6.45, 7) is 4.75. The lowest BCUT2D eigenvalue weighted by Crippen LogP contribution is -2.03. The molecule has 6 heteroatoms. The van der Waals surface area contributed by atoms with Crippen molar-refractivity contribution in [3.05, 3.63) is 50.6 Å². The molecule has 0 fully saturated rings. The Morgan fingerprint density at radius 1 is 1.14 bits per heavy atom. The number of halogens is 2. The van der Waals surface area contributed by atoms with E-state index in [4.69, 9.17) is 23.2 Å². The number of thiophene rings is 1. The lowest BCUT2D eigenvalue weighted by molar-refractivity contribution is 1.10. The molecule has 0 bridgehead atoms. The van der Waals surface area contributed by atoms with E-state index in [1.165, 1.54) is 10.4 Å². The van der Waals surface area contributed by atoms with Gasteiger partial charge in [-0.05, 0) is 42.6 Å². The first-order valence-electron chi connectivity index (χ1n) is 6.47. The van der Waals surface area contributed by atoms with E-state index >= 15 is 0 Å². The van der Waals surface area contributed by atoms with Crippen molar-refractivity contribution in [1.82, 2.24) is 9.97 Å². The number of benzene rings is 1. The molecule has 0 amide bonds. The first kappa shape index (κ1) is 14.6. The average molecular weight is 338 g/mol. The highest BCUT2D eigenvalue weighted by atomic mass is 35.5. The molecule has 0 aliphatic heterocycles. The molecule has 21 heavy (non-hydrogen) atoms. The van der Waals surface area contributed by atoms with Gasteiger partial charge < -0.3 is 5.32 Å². The molecule has 1 N–H and O–H groups in total. The second-order valence-electron chi connectivity index (χ2n) is 4.75. The zero-order chi connectivity index (χ0) is 15.0. The van der Waals surface area contributed by atoms with Crippen LogP contribution in [-0.4, -0.2) is 9.97 Å². The van der Waals surface area contributed by atoms with E-state index < -0.39 is 0 Å². The Hall–Kier alpha value is -1.36. The van der Waals surface area contributed by atoms with Gasteiger partial charge in [0, 0.05) is 16.4 Å². The minimum absolute atomic E-state index is 0.255. The van der Waals surface area contributed by atoms with Crippen molar-refractivity contribution in [3.63, 3.8) is 0 Å². The van der Waals surface area contributed by atoms with Gasteiger partial charge >= 0.3 is 0 Å². The highest BCUT2D eigenvalue weighted by Gasteiger charge is 2.14. The molecule has 2 heterocycles. The quantitative estimate of drug-likeness (QED) is 0.665. The minimum Gasteiger partial charge on any atom is -0.365 e. The second-order valence-corrected chi connectivity index (χ2v) is 6.70. The van der Waals surface area contributed by atoms with Crippen LogP contribution in [0.25, 0.3) is 10.2 Å². The van der Waals surface area contributed by atoms with Crippen molar-refractivity contribution in [2.24, 2.45) is 0 Å². The molecule has 0 spiro atoms. The number of hydrogen-bond acceptors (Lipinski definition) is 4. The predicted octanol–water partition coefficient (Wildman–Crippen LogP) is 5.23. The molecule has 2 aromatic heterocycles. The van der Waals surface area contributed by atoms with Crippen LogP contribution in [0.2, 0.25) is 10.3 Å². The first-order chi connectivity index (χ1) is 10.1. The van der Waals surface area contributed by atoms with Crippen molar-refractivity contribution >= 4 is 50.6 Å². The van der Waals surface area contributed by atoms with Gasteiger partial charge in [0.15, 0.2) is 0 Å². The standard InChI is InChI=1S/C15H13Cl2N3S/c1-8-9(2)21-14-12(8)13(19-15(17)20-14)18-7-10-5-3-4-6-11(10)16/h3-6H,7H2,1-2H3,(H,18,19,20). The number of aryl methyl sites for hydroxylation is 2. The van der Waals surface area contributed by atoms with Gasteiger partial charge in [0.05, 0.1) is 5.39 Å². The van der Waals surface area contributed by atoms with E-state index in [-0.39, 0.29) is 5.28 Å². The SMILES string of the molecule is Cc1sc2nc(Cl)nc(NCc3ccccc3Cl)c2c1C. The number of aromatic nitrogens is 2. The van der Waals surface area contributed by atoms with Crippen molar-refractivity contribution < 1.29 is 0 Å². The maximum Gasteiger partial charge on any atom is 0.225 e. The summed E-state index contributed by atoms with van der Waals surface area (Å²) in [6.07, 6.45) is 0. The molecule has 0 aliphatic rings. The Labute approximate surface area is 137 Å². The normalized spacial score (nSPS) is 11.0. The number of rotatable bonds is 3. The summed E-state index contributed by atoms with van der Waals surface area (Å²) in [4.78, 5) is 10.8. The summed E-state index contributed by atoms with van der Waals surface area (Å²) >= 11 is 13.8. The molecular formula is C15H13Cl2N3S. The molecule has 3 aromatic rings. The van der Waals surface area contributed by atoms with Crippen molar-refractivity contribution in [2.75, 3.05) is 5.32 Å². The summed E-state index contributed by atoms with van der Waals surface area (Å²) < 4.78 is 0. The van der Waals surface area contributed by atoms with Crippen LogP contribution in [0.4, 0.5) is 5.82 Å². The van der Waals surface area contributed by atoms with Gasteiger partial charge in [-0.2, -0.15) is 0 Å². The van der Waals surface area contributed by atoms with Crippen LogP contribution >= 0.6 is 34.5 Å². The van der Waals surface area contributed by atoms with Crippen LogP contribution < -0.4 is 5.32 Å². The van der Waals surface area contributed by atoms with Gasteiger partial charge in [-0.3, -0.25) is 0 Å². The highest BCUT2D eigenvalue weighted by Crippen LogP contribution is 2.34. The van der Waals surface area contributed by atoms with E-state index in [0.29, 0.717) is 6.54 Å². The maximum absolute atomic E-state index is 6.18. The summed E-state index contributed by atoms with van der Waals surface area (Å²) in [5.74, 6) is 0.756. The molecular weight excluding hydrogens is 325 g/mol. The van der Waals surface area contributed by atoms with Crippen LogP contribution in [0.15, 0.2) is 24.3 Å². The van der Waals surface area contributed by atoms with E-state index in [1.807, 2.05) is 24.3 Å². The first-order valence-corrected chi connectivity index (χ1v) is 8.04. The van der Waals surface area contributed by atoms with Crippen molar-refractivity contribution in [1.29, 1.82) is 0 Å². The zero-order valence-electron chi connectivity index (χ0n) is 11.6. The molecule has 0 radical (unpaired) electrons. The monoisotopic (exact) mass is 337 g/mol. The maximum atomic E-state index is 6.18. The molecule has 0 unspecified atom stereocenters. The predicted molar refractivity (Wildman–Crippen MR) is 90.7 cm³/mol. The summed E-state index contributed by atoms with van der Waals surface area (Å²) in [5, 5.41) is 5.35. The Morgan fingerprint density at radius 3 is 2.67 bits per heavy atom. The fourth-order valence-electron chi connectivity index (χ4n) is 2.17. The van der Waals surface area contributed by atoms with Gasteiger partial charge in [-0.1, -0.05) is 29.8 Å². The minimum atomic E-state index is 0.255. The number of fused-ring (bicyclic) bond motifs is 1. The Morgan fingerprint density at radius 2 is 1.90 bits per heavy atom. The molecule has 0 saturated carbocycles. The molecule has 0 saturated heterocycles. The molecule has 3 nitrogen and oxygen atoms in total. The highest BCUT2D eigenvalue weighted by molar-refractivity contribution is 7.18. The number of hydrogen-bond donors (Lipinski definition) is 1. The number of anilines is 1. The van der Waals surface area contributed by atoms with Gasteiger partial charge in [-0.25, -0.2) is 9.97 Å².